The molecule has 1 fully saturated rings. The third kappa shape index (κ3) is 5.31. The SMILES string of the molecule is COC[C@@H](C)n1c(CCCC(=O)N2CCCCCCCC2)nc2cccnc21. The van der Waals surface area contributed by atoms with Crippen LogP contribution in [0, 0.1) is 0 Å². The van der Waals surface area contributed by atoms with E-state index >= 15 is 0 Å². The predicted molar refractivity (Wildman–Crippen MR) is 111 cm³/mol. The van der Waals surface area contributed by atoms with E-state index in [9.17, 15) is 4.79 Å². The Kier molecular flexibility index (Phi) is 7.83. The van der Waals surface area contributed by atoms with Crippen molar-refractivity contribution in [3.05, 3.63) is 24.2 Å². The Morgan fingerprint density at radius 3 is 2.61 bits per heavy atom. The fourth-order valence-corrected chi connectivity index (χ4v) is 4.16. The van der Waals surface area contributed by atoms with Crippen LogP contribution in [0.5, 0.6) is 0 Å². The average Bonchev–Trinajstić information content (AvgIpc) is 3.12. The maximum Gasteiger partial charge on any atom is 0.222 e. The summed E-state index contributed by atoms with van der Waals surface area (Å²) in [5.74, 6) is 1.29. The van der Waals surface area contributed by atoms with Crippen molar-refractivity contribution >= 4 is 17.1 Å². The molecule has 1 aliphatic heterocycles. The minimum absolute atomic E-state index is 0.161. The summed E-state index contributed by atoms with van der Waals surface area (Å²) in [6.45, 7) is 4.58. The molecule has 1 amide bonds. The van der Waals surface area contributed by atoms with Crippen LogP contribution >= 0.6 is 0 Å². The molecule has 0 radical (unpaired) electrons. The standard InChI is InChI=1S/C22H34N4O2/c1-18(17-28-2)26-20(24-19-11-10-14-23-22(19)26)12-9-13-21(27)25-15-7-5-3-4-6-8-16-25/h10-11,14,18H,3-9,12-13,15-17H2,1-2H3/t18-/m1/s1. The van der Waals surface area contributed by atoms with Gasteiger partial charge in [0.1, 0.15) is 11.3 Å². The molecule has 1 atom stereocenters. The van der Waals surface area contributed by atoms with Gasteiger partial charge in [-0.3, -0.25) is 4.79 Å². The third-order valence-corrected chi connectivity index (χ3v) is 5.62. The first-order valence-electron chi connectivity index (χ1n) is 10.8. The molecule has 0 aliphatic carbocycles. The summed E-state index contributed by atoms with van der Waals surface area (Å²) >= 11 is 0. The molecule has 3 heterocycles. The van der Waals surface area contributed by atoms with Crippen molar-refractivity contribution in [3.63, 3.8) is 0 Å². The fraction of sp³-hybridized carbons (Fsp3) is 0.682. The Morgan fingerprint density at radius 1 is 1.18 bits per heavy atom. The maximum atomic E-state index is 12.7. The van der Waals surface area contributed by atoms with Crippen LogP contribution in [0.25, 0.3) is 11.2 Å². The van der Waals surface area contributed by atoms with Crippen molar-refractivity contribution in [1.82, 2.24) is 19.4 Å². The molecule has 6 heteroatoms. The number of aryl methyl sites for hydroxylation is 1. The number of aromatic nitrogens is 3. The van der Waals surface area contributed by atoms with E-state index in [0.717, 1.165) is 55.8 Å². The lowest BCUT2D eigenvalue weighted by molar-refractivity contribution is -0.131. The molecule has 154 valence electrons. The highest BCUT2D eigenvalue weighted by Crippen LogP contribution is 2.21. The van der Waals surface area contributed by atoms with Crippen LogP contribution in [-0.2, 0) is 16.0 Å². The van der Waals surface area contributed by atoms with E-state index in [1.54, 1.807) is 13.3 Å². The molecule has 0 bridgehead atoms. The second-order valence-corrected chi connectivity index (χ2v) is 7.90. The highest BCUT2D eigenvalue weighted by Gasteiger charge is 2.18. The molecule has 0 unspecified atom stereocenters. The summed E-state index contributed by atoms with van der Waals surface area (Å²) in [5, 5.41) is 0. The van der Waals surface area contributed by atoms with E-state index in [2.05, 4.69) is 21.4 Å². The number of hydrogen-bond acceptors (Lipinski definition) is 4. The van der Waals surface area contributed by atoms with Crippen molar-refractivity contribution < 1.29 is 9.53 Å². The predicted octanol–water partition coefficient (Wildman–Crippen LogP) is 4.14. The lowest BCUT2D eigenvalue weighted by atomic mass is 10.1. The van der Waals surface area contributed by atoms with E-state index in [-0.39, 0.29) is 6.04 Å². The van der Waals surface area contributed by atoms with Gasteiger partial charge in [-0.05, 0) is 38.3 Å². The Morgan fingerprint density at radius 2 is 1.89 bits per heavy atom. The lowest BCUT2D eigenvalue weighted by Crippen LogP contribution is -2.32. The van der Waals surface area contributed by atoms with Gasteiger partial charge in [0.05, 0.1) is 12.6 Å². The molecular weight excluding hydrogens is 352 g/mol. The molecule has 0 saturated carbocycles. The van der Waals surface area contributed by atoms with E-state index < -0.39 is 0 Å². The Bertz CT molecular complexity index is 748. The molecule has 0 spiro atoms. The number of ether oxygens (including phenoxy) is 1. The van der Waals surface area contributed by atoms with Gasteiger partial charge in [-0.25, -0.2) is 9.97 Å². The number of carbonyl (C=O) groups is 1. The van der Waals surface area contributed by atoms with Crippen LogP contribution in [0.3, 0.4) is 0 Å². The van der Waals surface area contributed by atoms with Gasteiger partial charge >= 0.3 is 0 Å². The molecule has 2 aromatic rings. The van der Waals surface area contributed by atoms with E-state index in [1.165, 1.54) is 25.7 Å². The van der Waals surface area contributed by atoms with Crippen LogP contribution in [0.4, 0.5) is 0 Å². The van der Waals surface area contributed by atoms with Gasteiger partial charge in [0.2, 0.25) is 5.91 Å². The van der Waals surface area contributed by atoms with Gasteiger partial charge in [0.25, 0.3) is 0 Å². The van der Waals surface area contributed by atoms with Crippen LogP contribution < -0.4 is 0 Å². The third-order valence-electron chi connectivity index (χ3n) is 5.62. The number of methoxy groups -OCH3 is 1. The van der Waals surface area contributed by atoms with Crippen molar-refractivity contribution in [2.75, 3.05) is 26.8 Å². The zero-order chi connectivity index (χ0) is 19.8. The number of rotatable bonds is 7. The van der Waals surface area contributed by atoms with Crippen LogP contribution in [-0.4, -0.2) is 52.1 Å². The van der Waals surface area contributed by atoms with Crippen molar-refractivity contribution in [2.45, 2.75) is 70.8 Å². The largest absolute Gasteiger partial charge is 0.383 e. The second-order valence-electron chi connectivity index (χ2n) is 7.90. The Labute approximate surface area is 168 Å². The molecule has 28 heavy (non-hydrogen) atoms. The van der Waals surface area contributed by atoms with Gasteiger partial charge in [-0.15, -0.1) is 0 Å². The molecule has 6 nitrogen and oxygen atoms in total. The van der Waals surface area contributed by atoms with Crippen LogP contribution in [0.15, 0.2) is 18.3 Å². The summed E-state index contributed by atoms with van der Waals surface area (Å²) in [4.78, 5) is 24.1. The van der Waals surface area contributed by atoms with E-state index in [4.69, 9.17) is 9.72 Å². The van der Waals surface area contributed by atoms with Gasteiger partial charge in [-0.2, -0.15) is 0 Å². The molecule has 1 saturated heterocycles. The lowest BCUT2D eigenvalue weighted by Gasteiger charge is -2.22. The Hall–Kier alpha value is -1.95. The van der Waals surface area contributed by atoms with Crippen LogP contribution in [0.1, 0.15) is 70.2 Å². The summed E-state index contributed by atoms with van der Waals surface area (Å²) in [6, 6.07) is 4.07. The number of hydrogen-bond donors (Lipinski definition) is 0. The highest BCUT2D eigenvalue weighted by molar-refractivity contribution is 5.76. The smallest absolute Gasteiger partial charge is 0.222 e. The summed E-state index contributed by atoms with van der Waals surface area (Å²) in [7, 11) is 1.72. The van der Waals surface area contributed by atoms with Gasteiger partial charge < -0.3 is 14.2 Å². The first-order chi connectivity index (χ1) is 13.7. The number of carbonyl (C=O) groups excluding carboxylic acids is 1. The van der Waals surface area contributed by atoms with Crippen LogP contribution in [0.2, 0.25) is 0 Å². The quantitative estimate of drug-likeness (QED) is 0.717. The van der Waals surface area contributed by atoms with Crippen molar-refractivity contribution in [2.24, 2.45) is 0 Å². The number of nitrogens with zero attached hydrogens (tertiary/aromatic N) is 4. The highest BCUT2D eigenvalue weighted by atomic mass is 16.5. The number of pyridine rings is 1. The first kappa shape index (κ1) is 20.8. The van der Waals surface area contributed by atoms with E-state index in [1.807, 2.05) is 12.1 Å². The Balaban J connectivity index is 1.62. The topological polar surface area (TPSA) is 60.2 Å². The number of fused-ring (bicyclic) bond motifs is 1. The maximum absolute atomic E-state index is 12.7. The number of imidazole rings is 1. The van der Waals surface area contributed by atoms with Gasteiger partial charge in [-0.1, -0.05) is 25.7 Å². The molecule has 1 aliphatic rings. The minimum Gasteiger partial charge on any atom is -0.383 e. The zero-order valence-corrected chi connectivity index (χ0v) is 17.4. The monoisotopic (exact) mass is 386 g/mol. The molecule has 2 aromatic heterocycles. The van der Waals surface area contributed by atoms with Gasteiger partial charge in [0.15, 0.2) is 5.65 Å². The normalized spacial score (nSPS) is 17.1. The molecule has 0 N–H and O–H groups in total. The molecule has 0 aromatic carbocycles. The number of amides is 1. The summed E-state index contributed by atoms with van der Waals surface area (Å²) in [6.07, 6.45) is 11.4. The van der Waals surface area contributed by atoms with Gasteiger partial charge in [0, 0.05) is 39.2 Å². The molecule has 3 rings (SSSR count). The fourth-order valence-electron chi connectivity index (χ4n) is 4.16. The second kappa shape index (κ2) is 10.6. The van der Waals surface area contributed by atoms with Crippen molar-refractivity contribution in [3.8, 4) is 0 Å². The molecular formula is C22H34N4O2. The minimum atomic E-state index is 0.161. The van der Waals surface area contributed by atoms with Crippen molar-refractivity contribution in [1.29, 1.82) is 0 Å². The summed E-state index contributed by atoms with van der Waals surface area (Å²) in [5.41, 5.74) is 1.81. The van der Waals surface area contributed by atoms with E-state index in [0.29, 0.717) is 18.9 Å². The first-order valence-corrected chi connectivity index (χ1v) is 10.8. The summed E-state index contributed by atoms with van der Waals surface area (Å²) < 4.78 is 7.52. The average molecular weight is 387 g/mol. The zero-order valence-electron chi connectivity index (χ0n) is 17.4.